The topological polar surface area (TPSA) is 249 Å². The summed E-state index contributed by atoms with van der Waals surface area (Å²) in [5.41, 5.74) is -3.21. The number of aromatic nitrogens is 1. The molecule has 1 aromatic heterocycles. The third-order valence-corrected chi connectivity index (χ3v) is 16.9. The fraction of sp³-hybridized carbons (Fsp3) is 0.780. The zero-order chi connectivity index (χ0) is 59.1. The summed E-state index contributed by atoms with van der Waals surface area (Å²) in [5, 5.41) is 39.1. The van der Waals surface area contributed by atoms with E-state index in [-0.39, 0.29) is 60.7 Å². The van der Waals surface area contributed by atoms with Gasteiger partial charge in [-0.15, -0.1) is 0 Å². The highest BCUT2D eigenvalue weighted by Crippen LogP contribution is 2.42. The number of hydrogen-bond donors (Lipinski definition) is 4. The number of ketones is 1. The van der Waals surface area contributed by atoms with Gasteiger partial charge in [0.15, 0.2) is 18.7 Å². The molecule has 20 nitrogen and oxygen atoms in total. The summed E-state index contributed by atoms with van der Waals surface area (Å²) in [6.07, 6.45) is -6.96. The molecule has 2 aromatic rings. The maximum Gasteiger partial charge on any atom is 0.343 e. The molecule has 20 heteroatoms. The van der Waals surface area contributed by atoms with Gasteiger partial charge in [-0.3, -0.25) is 19.2 Å². The van der Waals surface area contributed by atoms with Gasteiger partial charge in [-0.1, -0.05) is 33.8 Å². The van der Waals surface area contributed by atoms with Crippen LogP contribution in [0.25, 0.3) is 10.9 Å². The normalized spacial score (nSPS) is 36.3. The minimum absolute atomic E-state index is 0.000481. The standard InChI is InChI=1S/C59H95N3O17/c1-18-44-59(13,70)51(67)35(7)47(64)33(5)29-57(11,71-16)52(79-56-49(66)43(61(14)15)27-34(6)74-56)36(8)50(37(9)54(68)76-44)78-46-30-58(12,72-17)53(38(10)75-46)77-45(63)24-26-60-25-20-21-39-22-23-42-40(28-39)48(65)41(31-62(42)19-2)55(69)73-32(3)4/h22-23,28,31-38,43-44,46,49-53,56,60,66-67,70H,18-21,24-27,29-30H2,1-17H3/t33-,34+,35-,36+,37+,38-,43-,44-,46+,49-,50+,51+,52-,53+,56-,57+,58-,59+/m0/s1. The molecule has 0 radical (unpaired) electrons. The minimum Gasteiger partial charge on any atom is -0.459 e. The number of nitrogens with one attached hydrogen (secondary N) is 1. The molecule has 5 rings (SSSR count). The molecule has 0 aliphatic carbocycles. The number of pyridine rings is 1. The molecule has 0 unspecified atom stereocenters. The predicted octanol–water partition coefficient (Wildman–Crippen LogP) is 5.50. The van der Waals surface area contributed by atoms with Crippen molar-refractivity contribution in [2.24, 2.45) is 23.7 Å². The number of aryl methyl sites for hydroxylation is 2. The van der Waals surface area contributed by atoms with Crippen molar-refractivity contribution in [3.05, 3.63) is 45.7 Å². The number of rotatable bonds is 19. The molecule has 3 fully saturated rings. The van der Waals surface area contributed by atoms with E-state index in [4.69, 9.17) is 42.6 Å². The molecule has 0 bridgehead atoms. The average Bonchev–Trinajstić information content (AvgIpc) is 3.44. The fourth-order valence-electron chi connectivity index (χ4n) is 12.0. The third-order valence-electron chi connectivity index (χ3n) is 16.9. The van der Waals surface area contributed by atoms with Crippen molar-refractivity contribution in [2.45, 2.75) is 232 Å². The second-order valence-electron chi connectivity index (χ2n) is 23.7. The van der Waals surface area contributed by atoms with Gasteiger partial charge in [-0.25, -0.2) is 4.79 Å². The SMILES string of the molecule is CC[C@@H]1OC(=O)[C@H](C)[C@H](O[C@@H]2C[C@](C)(OC)[C@H](OC(=O)CCNCCCc3ccc4c(c3)c(=O)c(C(=O)OC(C)C)cn4CC)[C@H](C)O2)[C@@H](C)[C@H](O[C@@H]2O[C@H](C)C[C@H](N(C)C)[C@@H]2O)[C@](C)(OC)C[C@H](C)C(=O)[C@H](C)[C@@H](O)[C@]1(C)O. The van der Waals surface area contributed by atoms with E-state index in [9.17, 15) is 39.3 Å². The molecule has 0 spiro atoms. The fourth-order valence-corrected chi connectivity index (χ4v) is 12.0. The number of likely N-dealkylation sites (N-methyl/N-ethyl adjacent to an activating group) is 1. The smallest absolute Gasteiger partial charge is 0.343 e. The number of esters is 3. The highest BCUT2D eigenvalue weighted by molar-refractivity contribution is 5.94. The largest absolute Gasteiger partial charge is 0.459 e. The van der Waals surface area contributed by atoms with Crippen LogP contribution >= 0.6 is 0 Å². The van der Waals surface area contributed by atoms with Crippen molar-refractivity contribution < 1.29 is 77.1 Å². The molecule has 4 heterocycles. The molecule has 448 valence electrons. The number of Topliss-reactive ketones (excluding diaryl/α,β-unsaturated/α-hetero) is 1. The lowest BCUT2D eigenvalue weighted by molar-refractivity contribution is -0.320. The number of carbonyl (C=O) groups is 4. The van der Waals surface area contributed by atoms with Crippen molar-refractivity contribution in [3.8, 4) is 0 Å². The van der Waals surface area contributed by atoms with Crippen molar-refractivity contribution >= 4 is 34.6 Å². The van der Waals surface area contributed by atoms with Crippen molar-refractivity contribution in [1.29, 1.82) is 0 Å². The molecule has 4 N–H and O–H groups in total. The summed E-state index contributed by atoms with van der Waals surface area (Å²) < 4.78 is 58.6. The molecule has 18 atom stereocenters. The Kier molecular flexibility index (Phi) is 23.3. The van der Waals surface area contributed by atoms with Crippen molar-refractivity contribution in [3.63, 3.8) is 0 Å². The number of fused-ring (bicyclic) bond motifs is 1. The Labute approximate surface area is 467 Å². The second kappa shape index (κ2) is 27.9. The van der Waals surface area contributed by atoms with E-state index in [0.717, 1.165) is 11.1 Å². The van der Waals surface area contributed by atoms with Gasteiger partial charge >= 0.3 is 17.9 Å². The van der Waals surface area contributed by atoms with Gasteiger partial charge in [0.25, 0.3) is 0 Å². The maximum atomic E-state index is 14.6. The Balaban J connectivity index is 1.34. The van der Waals surface area contributed by atoms with E-state index in [0.29, 0.717) is 44.3 Å². The molecular formula is C59H95N3O17. The second-order valence-corrected chi connectivity index (χ2v) is 23.7. The Morgan fingerprint density at radius 1 is 0.899 bits per heavy atom. The lowest BCUT2D eigenvalue weighted by atomic mass is 9.74. The average molecular weight is 1120 g/mol. The van der Waals surface area contributed by atoms with Gasteiger partial charge < -0.3 is 72.7 Å². The number of cyclic esters (lactones) is 1. The highest BCUT2D eigenvalue weighted by Gasteiger charge is 2.55. The molecule has 0 amide bonds. The van der Waals surface area contributed by atoms with Crippen LogP contribution in [-0.4, -0.2) is 180 Å². The molecular weight excluding hydrogens is 1020 g/mol. The van der Waals surface area contributed by atoms with E-state index in [1.54, 1.807) is 68.5 Å². The third kappa shape index (κ3) is 15.4. The first-order chi connectivity index (χ1) is 37.0. The molecule has 79 heavy (non-hydrogen) atoms. The first-order valence-electron chi connectivity index (χ1n) is 28.5. The molecule has 1 aromatic carbocycles. The lowest BCUT2D eigenvalue weighted by Gasteiger charge is -2.50. The molecule has 3 aliphatic heterocycles. The minimum atomic E-state index is -2.03. The lowest BCUT2D eigenvalue weighted by Crippen LogP contribution is -2.61. The van der Waals surface area contributed by atoms with Crippen LogP contribution in [0.2, 0.25) is 0 Å². The number of methoxy groups -OCH3 is 2. The summed E-state index contributed by atoms with van der Waals surface area (Å²) in [5.74, 6) is -5.95. The van der Waals surface area contributed by atoms with Crippen LogP contribution in [0.5, 0.6) is 0 Å². The van der Waals surface area contributed by atoms with Gasteiger partial charge in [0.1, 0.15) is 34.8 Å². The summed E-state index contributed by atoms with van der Waals surface area (Å²) >= 11 is 0. The van der Waals surface area contributed by atoms with E-state index in [2.05, 4.69) is 5.32 Å². The Hall–Kier alpha value is -3.93. The quantitative estimate of drug-likeness (QED) is 0.0770. The van der Waals surface area contributed by atoms with Crippen LogP contribution in [0.3, 0.4) is 0 Å². The molecule has 3 aliphatic rings. The number of nitrogens with zero attached hydrogens (tertiary/aromatic N) is 2. The zero-order valence-electron chi connectivity index (χ0n) is 50.1. The van der Waals surface area contributed by atoms with E-state index in [1.807, 2.05) is 62.5 Å². The summed E-state index contributed by atoms with van der Waals surface area (Å²) in [4.78, 5) is 70.5. The summed E-state index contributed by atoms with van der Waals surface area (Å²) in [6, 6.07) is 5.36. The van der Waals surface area contributed by atoms with E-state index >= 15 is 0 Å². The van der Waals surface area contributed by atoms with Crippen LogP contribution < -0.4 is 10.7 Å². The number of benzene rings is 1. The van der Waals surface area contributed by atoms with Gasteiger partial charge in [0, 0.05) is 69.1 Å². The van der Waals surface area contributed by atoms with Crippen molar-refractivity contribution in [2.75, 3.05) is 41.4 Å². The predicted molar refractivity (Wildman–Crippen MR) is 295 cm³/mol. The van der Waals surface area contributed by atoms with E-state index < -0.39 is 114 Å². The zero-order valence-corrected chi connectivity index (χ0v) is 50.1. The number of aliphatic hydroxyl groups is 3. The van der Waals surface area contributed by atoms with Crippen LogP contribution in [0.1, 0.15) is 144 Å². The van der Waals surface area contributed by atoms with Gasteiger partial charge in [0.2, 0.25) is 5.43 Å². The molecule has 3 saturated heterocycles. The monoisotopic (exact) mass is 1120 g/mol. The van der Waals surface area contributed by atoms with E-state index in [1.165, 1.54) is 21.1 Å². The first kappa shape index (κ1) is 65.9. The maximum absolute atomic E-state index is 14.6. The highest BCUT2D eigenvalue weighted by atomic mass is 16.7. The number of aliphatic hydroxyl groups excluding tert-OH is 2. The Bertz CT molecular complexity index is 2430. The Morgan fingerprint density at radius 2 is 1.56 bits per heavy atom. The number of ether oxygens (including phenoxy) is 9. The Morgan fingerprint density at radius 3 is 2.16 bits per heavy atom. The van der Waals surface area contributed by atoms with Gasteiger partial charge in [-0.05, 0) is 133 Å². The van der Waals surface area contributed by atoms with Gasteiger partial charge in [-0.2, -0.15) is 0 Å². The van der Waals surface area contributed by atoms with Crippen LogP contribution in [0.15, 0.2) is 29.2 Å². The van der Waals surface area contributed by atoms with Crippen molar-refractivity contribution in [1.82, 2.24) is 14.8 Å². The van der Waals surface area contributed by atoms with Crippen LogP contribution in [-0.2, 0) is 70.0 Å². The summed E-state index contributed by atoms with van der Waals surface area (Å²) in [6.45, 7) is 23.9. The first-order valence-corrected chi connectivity index (χ1v) is 28.5. The number of hydrogen-bond acceptors (Lipinski definition) is 19. The van der Waals surface area contributed by atoms with Gasteiger partial charge in [0.05, 0.1) is 60.1 Å². The van der Waals surface area contributed by atoms with Crippen LogP contribution in [0.4, 0.5) is 0 Å². The van der Waals surface area contributed by atoms with Crippen LogP contribution in [0, 0.1) is 23.7 Å². The number of carbonyl (C=O) groups excluding carboxylic acids is 4. The summed E-state index contributed by atoms with van der Waals surface area (Å²) in [7, 11) is 6.74. The molecule has 0 saturated carbocycles.